The molecular formula is C23H32N2O4. The van der Waals surface area contributed by atoms with E-state index in [0.717, 1.165) is 35.3 Å². The first-order chi connectivity index (χ1) is 13.7. The van der Waals surface area contributed by atoms with Gasteiger partial charge in [-0.1, -0.05) is 51.5 Å². The maximum absolute atomic E-state index is 13.0. The van der Waals surface area contributed by atoms with Crippen LogP contribution in [-0.2, 0) is 20.9 Å². The number of esters is 1. The third-order valence-electron chi connectivity index (χ3n) is 7.04. The topological polar surface area (TPSA) is 75.7 Å². The average molecular weight is 401 g/mol. The standard InChI is InChI=1S/C23H32N2O4/c1-5-22(3,4)18-10-12-23(13-11-18)20(27)25(21(28)24-23)14-19(26)29-15-17-9-7-6-8-16(17)2/h6-9,18H,5,10-15H2,1-4H3,(H,24,28). The van der Waals surface area contributed by atoms with Crippen molar-refractivity contribution in [3.63, 3.8) is 0 Å². The lowest BCUT2D eigenvalue weighted by atomic mass is 9.65. The molecule has 1 aromatic carbocycles. The Kier molecular flexibility index (Phi) is 6.01. The lowest BCUT2D eigenvalue weighted by Crippen LogP contribution is -2.51. The molecule has 0 bridgehead atoms. The number of hydrogen-bond donors (Lipinski definition) is 1. The highest BCUT2D eigenvalue weighted by Gasteiger charge is 2.53. The summed E-state index contributed by atoms with van der Waals surface area (Å²) in [5.74, 6) is -0.325. The highest BCUT2D eigenvalue weighted by molar-refractivity contribution is 6.08. The summed E-state index contributed by atoms with van der Waals surface area (Å²) in [7, 11) is 0. The maximum Gasteiger partial charge on any atom is 0.326 e. The van der Waals surface area contributed by atoms with Crippen LogP contribution < -0.4 is 5.32 Å². The van der Waals surface area contributed by atoms with Crippen molar-refractivity contribution < 1.29 is 19.1 Å². The highest BCUT2D eigenvalue weighted by atomic mass is 16.5. The van der Waals surface area contributed by atoms with Crippen LogP contribution in [0.2, 0.25) is 0 Å². The van der Waals surface area contributed by atoms with Gasteiger partial charge in [0.05, 0.1) is 0 Å². The van der Waals surface area contributed by atoms with Crippen LogP contribution in [0.5, 0.6) is 0 Å². The van der Waals surface area contributed by atoms with Crippen molar-refractivity contribution in [2.75, 3.05) is 6.54 Å². The number of rotatable bonds is 6. The number of ether oxygens (including phenoxy) is 1. The summed E-state index contributed by atoms with van der Waals surface area (Å²) in [6.45, 7) is 8.46. The lowest BCUT2D eigenvalue weighted by molar-refractivity contribution is -0.149. The Morgan fingerprint density at radius 1 is 1.24 bits per heavy atom. The number of benzene rings is 1. The highest BCUT2D eigenvalue weighted by Crippen LogP contribution is 2.45. The molecule has 1 heterocycles. The molecule has 1 aliphatic heterocycles. The van der Waals surface area contributed by atoms with Crippen molar-refractivity contribution >= 4 is 17.9 Å². The van der Waals surface area contributed by atoms with Gasteiger partial charge in [-0.2, -0.15) is 0 Å². The molecule has 29 heavy (non-hydrogen) atoms. The van der Waals surface area contributed by atoms with Crippen molar-refractivity contribution in [3.8, 4) is 0 Å². The molecule has 3 rings (SSSR count). The van der Waals surface area contributed by atoms with Crippen molar-refractivity contribution in [1.29, 1.82) is 0 Å². The fourth-order valence-corrected chi connectivity index (χ4v) is 4.44. The van der Waals surface area contributed by atoms with E-state index in [1.807, 2.05) is 31.2 Å². The molecule has 1 spiro atoms. The minimum atomic E-state index is -0.853. The number of nitrogens with one attached hydrogen (secondary N) is 1. The summed E-state index contributed by atoms with van der Waals surface area (Å²) in [6, 6.07) is 7.15. The predicted molar refractivity (Wildman–Crippen MR) is 110 cm³/mol. The van der Waals surface area contributed by atoms with E-state index in [1.165, 1.54) is 0 Å². The molecule has 158 valence electrons. The summed E-state index contributed by atoms with van der Waals surface area (Å²) in [4.78, 5) is 38.8. The summed E-state index contributed by atoms with van der Waals surface area (Å²) in [5, 5.41) is 2.88. The number of carbonyl (C=O) groups is 3. The first-order valence-corrected chi connectivity index (χ1v) is 10.5. The Morgan fingerprint density at radius 3 is 2.52 bits per heavy atom. The summed E-state index contributed by atoms with van der Waals surface area (Å²) in [5.41, 5.74) is 1.31. The molecule has 1 saturated heterocycles. The Morgan fingerprint density at radius 2 is 1.90 bits per heavy atom. The van der Waals surface area contributed by atoms with Crippen LogP contribution in [0.25, 0.3) is 0 Å². The molecule has 1 aliphatic carbocycles. The second kappa shape index (κ2) is 8.17. The normalized spacial score (nSPS) is 24.7. The molecule has 6 heteroatoms. The van der Waals surface area contributed by atoms with Gasteiger partial charge in [0, 0.05) is 0 Å². The molecule has 0 unspecified atom stereocenters. The third-order valence-corrected chi connectivity index (χ3v) is 7.04. The van der Waals surface area contributed by atoms with Gasteiger partial charge in [-0.25, -0.2) is 4.79 Å². The number of urea groups is 1. The van der Waals surface area contributed by atoms with Crippen LogP contribution in [-0.4, -0.2) is 34.9 Å². The van der Waals surface area contributed by atoms with E-state index in [-0.39, 0.29) is 24.5 Å². The minimum absolute atomic E-state index is 0.133. The first-order valence-electron chi connectivity index (χ1n) is 10.5. The van der Waals surface area contributed by atoms with Crippen LogP contribution in [0.4, 0.5) is 4.79 Å². The molecular weight excluding hydrogens is 368 g/mol. The van der Waals surface area contributed by atoms with Gasteiger partial charge in [0.2, 0.25) is 0 Å². The van der Waals surface area contributed by atoms with E-state index in [9.17, 15) is 14.4 Å². The van der Waals surface area contributed by atoms with E-state index in [1.54, 1.807) is 0 Å². The zero-order valence-electron chi connectivity index (χ0n) is 17.9. The lowest BCUT2D eigenvalue weighted by Gasteiger charge is -2.42. The zero-order chi connectivity index (χ0) is 21.2. The summed E-state index contributed by atoms with van der Waals surface area (Å²) < 4.78 is 5.31. The van der Waals surface area contributed by atoms with Gasteiger partial charge >= 0.3 is 12.0 Å². The van der Waals surface area contributed by atoms with Crippen LogP contribution in [0.3, 0.4) is 0 Å². The third kappa shape index (κ3) is 4.31. The number of amides is 3. The molecule has 6 nitrogen and oxygen atoms in total. The number of nitrogens with zero attached hydrogens (tertiary/aromatic N) is 1. The fraction of sp³-hybridized carbons (Fsp3) is 0.609. The van der Waals surface area contributed by atoms with E-state index in [2.05, 4.69) is 26.1 Å². The van der Waals surface area contributed by atoms with Gasteiger partial charge in [0.25, 0.3) is 5.91 Å². The fourth-order valence-electron chi connectivity index (χ4n) is 4.44. The number of carbonyl (C=O) groups excluding carboxylic acids is 3. The molecule has 2 fully saturated rings. The van der Waals surface area contributed by atoms with Gasteiger partial charge in [0.1, 0.15) is 18.7 Å². The van der Waals surface area contributed by atoms with Crippen molar-refractivity contribution in [1.82, 2.24) is 10.2 Å². The SMILES string of the molecule is CCC(C)(C)C1CCC2(CC1)NC(=O)N(CC(=O)OCc1ccccc1C)C2=O. The molecule has 1 N–H and O–H groups in total. The predicted octanol–water partition coefficient (Wildman–Crippen LogP) is 3.96. The van der Waals surface area contributed by atoms with Crippen molar-refractivity contribution in [2.45, 2.75) is 71.9 Å². The number of aryl methyl sites for hydroxylation is 1. The Labute approximate surface area is 173 Å². The van der Waals surface area contributed by atoms with Crippen LogP contribution >= 0.6 is 0 Å². The van der Waals surface area contributed by atoms with E-state index < -0.39 is 17.5 Å². The molecule has 3 amide bonds. The van der Waals surface area contributed by atoms with Crippen LogP contribution in [0.1, 0.15) is 64.0 Å². The Balaban J connectivity index is 1.58. The van der Waals surface area contributed by atoms with E-state index in [4.69, 9.17) is 4.74 Å². The molecule has 0 atom stereocenters. The maximum atomic E-state index is 13.0. The van der Waals surface area contributed by atoms with Gasteiger partial charge in [0.15, 0.2) is 0 Å². The van der Waals surface area contributed by atoms with E-state index in [0.29, 0.717) is 18.8 Å². The van der Waals surface area contributed by atoms with Gasteiger partial charge < -0.3 is 10.1 Å². The molecule has 1 saturated carbocycles. The Hall–Kier alpha value is -2.37. The molecule has 0 radical (unpaired) electrons. The summed E-state index contributed by atoms with van der Waals surface area (Å²) in [6.07, 6.45) is 4.14. The molecule has 0 aromatic heterocycles. The smallest absolute Gasteiger partial charge is 0.326 e. The molecule has 2 aliphatic rings. The van der Waals surface area contributed by atoms with Gasteiger partial charge in [-0.05, 0) is 55.1 Å². The average Bonchev–Trinajstić information content (AvgIpc) is 2.92. The first kappa shape index (κ1) is 21.3. The van der Waals surface area contributed by atoms with Gasteiger partial charge in [-0.3, -0.25) is 14.5 Å². The minimum Gasteiger partial charge on any atom is -0.459 e. The zero-order valence-corrected chi connectivity index (χ0v) is 17.9. The summed E-state index contributed by atoms with van der Waals surface area (Å²) >= 11 is 0. The van der Waals surface area contributed by atoms with Gasteiger partial charge in [-0.15, -0.1) is 0 Å². The quantitative estimate of drug-likeness (QED) is 0.579. The van der Waals surface area contributed by atoms with Crippen LogP contribution in [0.15, 0.2) is 24.3 Å². The second-order valence-electron chi connectivity index (χ2n) is 9.11. The van der Waals surface area contributed by atoms with E-state index >= 15 is 0 Å². The van der Waals surface area contributed by atoms with Crippen molar-refractivity contribution in [3.05, 3.63) is 35.4 Å². The Bertz CT molecular complexity index is 794. The number of hydrogen-bond acceptors (Lipinski definition) is 4. The monoisotopic (exact) mass is 400 g/mol. The number of imide groups is 1. The van der Waals surface area contributed by atoms with Crippen LogP contribution in [0, 0.1) is 18.3 Å². The van der Waals surface area contributed by atoms with Crippen molar-refractivity contribution in [2.24, 2.45) is 11.3 Å². The molecule has 1 aromatic rings. The second-order valence-corrected chi connectivity index (χ2v) is 9.11. The largest absolute Gasteiger partial charge is 0.459 e.